The zero-order valence-corrected chi connectivity index (χ0v) is 12.1. The fourth-order valence-electron chi connectivity index (χ4n) is 1.97. The minimum Gasteiger partial charge on any atom is -0.454 e. The fourth-order valence-corrected chi connectivity index (χ4v) is 2.24. The van der Waals surface area contributed by atoms with Crippen molar-refractivity contribution in [1.29, 1.82) is 0 Å². The Labute approximate surface area is 124 Å². The number of anilines is 1. The van der Waals surface area contributed by atoms with E-state index in [2.05, 4.69) is 21.2 Å². The summed E-state index contributed by atoms with van der Waals surface area (Å²) < 4.78 is 11.5. The number of hydrogen-bond acceptors (Lipinski definition) is 3. The van der Waals surface area contributed by atoms with Crippen LogP contribution >= 0.6 is 15.9 Å². The first-order valence-electron chi connectivity index (χ1n) is 6.15. The van der Waals surface area contributed by atoms with Gasteiger partial charge in [-0.3, -0.25) is 4.79 Å². The van der Waals surface area contributed by atoms with E-state index in [1.165, 1.54) is 0 Å². The lowest BCUT2D eigenvalue weighted by Crippen LogP contribution is -2.14. The first kappa shape index (κ1) is 13.0. The molecule has 0 fully saturated rings. The van der Waals surface area contributed by atoms with Crippen molar-refractivity contribution < 1.29 is 14.3 Å². The van der Waals surface area contributed by atoms with Crippen LogP contribution in [-0.2, 0) is 11.2 Å². The van der Waals surface area contributed by atoms with Gasteiger partial charge in [-0.2, -0.15) is 0 Å². The van der Waals surface area contributed by atoms with Gasteiger partial charge in [-0.1, -0.05) is 22.0 Å². The first-order chi connectivity index (χ1) is 9.70. The second-order valence-electron chi connectivity index (χ2n) is 4.42. The highest BCUT2D eigenvalue weighted by Crippen LogP contribution is 2.32. The quantitative estimate of drug-likeness (QED) is 0.936. The van der Waals surface area contributed by atoms with E-state index < -0.39 is 0 Å². The van der Waals surface area contributed by atoms with Crippen molar-refractivity contribution in [2.24, 2.45) is 0 Å². The Hall–Kier alpha value is -2.01. The summed E-state index contributed by atoms with van der Waals surface area (Å²) in [4.78, 5) is 12.0. The van der Waals surface area contributed by atoms with Crippen molar-refractivity contribution in [3.8, 4) is 11.5 Å². The van der Waals surface area contributed by atoms with E-state index in [-0.39, 0.29) is 12.7 Å². The van der Waals surface area contributed by atoms with Crippen LogP contribution in [0.1, 0.15) is 5.56 Å². The molecule has 5 heteroatoms. The topological polar surface area (TPSA) is 47.6 Å². The van der Waals surface area contributed by atoms with Crippen molar-refractivity contribution in [3.05, 3.63) is 52.5 Å². The number of nitrogens with one attached hydrogen (secondary N) is 1. The molecule has 0 bridgehead atoms. The van der Waals surface area contributed by atoms with Gasteiger partial charge in [-0.15, -0.1) is 0 Å². The van der Waals surface area contributed by atoms with E-state index in [1.807, 2.05) is 42.5 Å². The number of benzene rings is 2. The lowest BCUT2D eigenvalue weighted by molar-refractivity contribution is -0.115. The molecule has 4 nitrogen and oxygen atoms in total. The maximum absolute atomic E-state index is 12.0. The summed E-state index contributed by atoms with van der Waals surface area (Å²) in [5.41, 5.74) is 1.67. The predicted molar refractivity (Wildman–Crippen MR) is 79.0 cm³/mol. The number of rotatable bonds is 3. The zero-order valence-electron chi connectivity index (χ0n) is 10.6. The van der Waals surface area contributed by atoms with E-state index in [0.29, 0.717) is 12.2 Å². The molecule has 2 aromatic carbocycles. The SMILES string of the molecule is O=C(Cc1ccc2c(c1)OCO2)Nc1ccc(Br)cc1. The van der Waals surface area contributed by atoms with E-state index in [1.54, 1.807) is 0 Å². The van der Waals surface area contributed by atoms with Crippen LogP contribution in [0.3, 0.4) is 0 Å². The number of amides is 1. The summed E-state index contributed by atoms with van der Waals surface area (Å²) >= 11 is 3.36. The molecule has 1 amide bonds. The molecule has 0 saturated heterocycles. The van der Waals surface area contributed by atoms with Crippen LogP contribution in [0.15, 0.2) is 46.9 Å². The summed E-state index contributed by atoms with van der Waals surface area (Å²) in [5, 5.41) is 2.85. The molecular formula is C15H12BrNO3. The van der Waals surface area contributed by atoms with Crippen LogP contribution in [0.4, 0.5) is 5.69 Å². The van der Waals surface area contributed by atoms with E-state index in [0.717, 1.165) is 21.5 Å². The van der Waals surface area contributed by atoms with Gasteiger partial charge in [0.15, 0.2) is 11.5 Å². The van der Waals surface area contributed by atoms with Gasteiger partial charge in [0, 0.05) is 10.2 Å². The summed E-state index contributed by atoms with van der Waals surface area (Å²) in [7, 11) is 0. The highest BCUT2D eigenvalue weighted by Gasteiger charge is 2.14. The third-order valence-electron chi connectivity index (χ3n) is 2.93. The van der Waals surface area contributed by atoms with Crippen molar-refractivity contribution in [3.63, 3.8) is 0 Å². The smallest absolute Gasteiger partial charge is 0.231 e. The normalized spacial score (nSPS) is 12.2. The highest BCUT2D eigenvalue weighted by atomic mass is 79.9. The summed E-state index contributed by atoms with van der Waals surface area (Å²) in [6.07, 6.45) is 0.298. The van der Waals surface area contributed by atoms with Gasteiger partial charge in [0.1, 0.15) is 0 Å². The molecule has 1 N–H and O–H groups in total. The number of carbonyl (C=O) groups is 1. The third-order valence-corrected chi connectivity index (χ3v) is 3.46. The minimum atomic E-state index is -0.0637. The van der Waals surface area contributed by atoms with Crippen LogP contribution in [0.25, 0.3) is 0 Å². The predicted octanol–water partition coefficient (Wildman–Crippen LogP) is 3.36. The van der Waals surface area contributed by atoms with Gasteiger partial charge in [0.05, 0.1) is 6.42 Å². The number of carbonyl (C=O) groups excluding carboxylic acids is 1. The molecule has 0 saturated carbocycles. The Kier molecular flexibility index (Phi) is 3.60. The van der Waals surface area contributed by atoms with Gasteiger partial charge in [0.2, 0.25) is 12.7 Å². The zero-order chi connectivity index (χ0) is 13.9. The van der Waals surface area contributed by atoms with Gasteiger partial charge in [-0.05, 0) is 42.0 Å². The number of hydrogen-bond donors (Lipinski definition) is 1. The average Bonchev–Trinajstić information content (AvgIpc) is 2.89. The molecule has 1 aliphatic rings. The summed E-state index contributed by atoms with van der Waals surface area (Å²) in [6, 6.07) is 13.0. The molecule has 0 unspecified atom stereocenters. The molecule has 3 rings (SSSR count). The Morgan fingerprint density at radius 1 is 1.10 bits per heavy atom. The molecule has 20 heavy (non-hydrogen) atoms. The molecule has 2 aromatic rings. The fraction of sp³-hybridized carbons (Fsp3) is 0.133. The largest absolute Gasteiger partial charge is 0.454 e. The van der Waals surface area contributed by atoms with Crippen LogP contribution < -0.4 is 14.8 Å². The van der Waals surface area contributed by atoms with E-state index in [9.17, 15) is 4.79 Å². The van der Waals surface area contributed by atoms with Crippen molar-refractivity contribution in [2.45, 2.75) is 6.42 Å². The second-order valence-corrected chi connectivity index (χ2v) is 5.34. The minimum absolute atomic E-state index is 0.0637. The Morgan fingerprint density at radius 3 is 2.65 bits per heavy atom. The molecule has 0 radical (unpaired) electrons. The second kappa shape index (κ2) is 5.54. The molecular weight excluding hydrogens is 322 g/mol. The molecule has 0 spiro atoms. The standard InChI is InChI=1S/C15H12BrNO3/c16-11-2-4-12(5-3-11)17-15(18)8-10-1-6-13-14(7-10)20-9-19-13/h1-7H,8-9H2,(H,17,18). The molecule has 0 aromatic heterocycles. The van der Waals surface area contributed by atoms with Crippen molar-refractivity contribution >= 4 is 27.5 Å². The van der Waals surface area contributed by atoms with E-state index >= 15 is 0 Å². The van der Waals surface area contributed by atoms with Gasteiger partial charge in [0.25, 0.3) is 0 Å². The first-order valence-corrected chi connectivity index (χ1v) is 6.94. The van der Waals surface area contributed by atoms with Gasteiger partial charge in [-0.25, -0.2) is 0 Å². The van der Waals surface area contributed by atoms with Crippen LogP contribution in [0, 0.1) is 0 Å². The molecule has 102 valence electrons. The molecule has 0 aliphatic carbocycles. The Bertz CT molecular complexity index is 640. The third kappa shape index (κ3) is 2.93. The lowest BCUT2D eigenvalue weighted by atomic mass is 10.1. The van der Waals surface area contributed by atoms with Crippen molar-refractivity contribution in [2.75, 3.05) is 12.1 Å². The monoisotopic (exact) mass is 333 g/mol. The number of ether oxygens (including phenoxy) is 2. The summed E-state index contributed by atoms with van der Waals surface area (Å²) in [6.45, 7) is 0.240. The van der Waals surface area contributed by atoms with Crippen LogP contribution in [0.5, 0.6) is 11.5 Å². The van der Waals surface area contributed by atoms with Crippen LogP contribution in [0.2, 0.25) is 0 Å². The molecule has 0 atom stereocenters. The van der Waals surface area contributed by atoms with E-state index in [4.69, 9.17) is 9.47 Å². The van der Waals surface area contributed by atoms with Gasteiger partial charge >= 0.3 is 0 Å². The Morgan fingerprint density at radius 2 is 1.85 bits per heavy atom. The van der Waals surface area contributed by atoms with Crippen LogP contribution in [-0.4, -0.2) is 12.7 Å². The average molecular weight is 334 g/mol. The number of halogens is 1. The molecule has 1 heterocycles. The summed E-state index contributed by atoms with van der Waals surface area (Å²) in [5.74, 6) is 1.35. The maximum Gasteiger partial charge on any atom is 0.231 e. The Balaban J connectivity index is 1.65. The maximum atomic E-state index is 12.0. The number of fused-ring (bicyclic) bond motifs is 1. The lowest BCUT2D eigenvalue weighted by Gasteiger charge is -2.06. The highest BCUT2D eigenvalue weighted by molar-refractivity contribution is 9.10. The van der Waals surface area contributed by atoms with Gasteiger partial charge < -0.3 is 14.8 Å². The molecule has 1 aliphatic heterocycles. The van der Waals surface area contributed by atoms with Crippen molar-refractivity contribution in [1.82, 2.24) is 0 Å².